The number of anilines is 2. The van der Waals surface area contributed by atoms with Gasteiger partial charge >= 0.3 is 27.8 Å². The SMILES string of the molecule is CC(C)(C)OC(=O)N1CCN(c2cccc3cccnc23)CC1.CC(C)(C)OC(=O)N1CCNCC1.Cl.O=S(=O)(Oc1cccc2cccnc12)C(F)(F)F.Oc1cccc2cccnc12.c1cnc2c(N3CCNCC3)cccc2c1. The molecule has 438 valence electrons. The lowest BCUT2D eigenvalue weighted by molar-refractivity contribution is -0.0499. The van der Waals surface area contributed by atoms with Gasteiger partial charge in [-0.25, -0.2) is 9.59 Å². The Hall–Kier alpha value is -7.79. The lowest BCUT2D eigenvalue weighted by Gasteiger charge is -2.37. The molecule has 0 atom stereocenters. The number of carbonyl (C=O) groups is 2. The molecule has 18 nitrogen and oxygen atoms in total. The Morgan fingerprint density at radius 1 is 0.488 bits per heavy atom. The number of amides is 2. The number of carbonyl (C=O) groups excluding carboxylic acids is 2. The summed E-state index contributed by atoms with van der Waals surface area (Å²) in [4.78, 5) is 48.7. The van der Waals surface area contributed by atoms with E-state index in [1.54, 1.807) is 46.3 Å². The number of nitrogens with zero attached hydrogens (tertiary/aromatic N) is 8. The molecule has 4 aromatic heterocycles. The number of halogens is 4. The second-order valence-corrected chi connectivity index (χ2v) is 22.3. The predicted octanol–water partition coefficient (Wildman–Crippen LogP) is 10.6. The average molecular weight is 1170 g/mol. The molecule has 0 spiro atoms. The number of benzene rings is 4. The van der Waals surface area contributed by atoms with Gasteiger partial charge in [0.25, 0.3) is 0 Å². The van der Waals surface area contributed by atoms with E-state index in [4.69, 9.17) is 9.47 Å². The molecule has 2 amide bonds. The lowest BCUT2D eigenvalue weighted by Crippen LogP contribution is -2.50. The van der Waals surface area contributed by atoms with E-state index in [-0.39, 0.29) is 41.5 Å². The first-order valence-electron chi connectivity index (χ1n) is 26.5. The van der Waals surface area contributed by atoms with Crippen LogP contribution in [0, 0.1) is 0 Å². The average Bonchev–Trinajstić information content (AvgIpc) is 3.66. The summed E-state index contributed by atoms with van der Waals surface area (Å²) in [6, 6.07) is 37.1. The van der Waals surface area contributed by atoms with Gasteiger partial charge in [0.2, 0.25) is 0 Å². The van der Waals surface area contributed by atoms with Crippen molar-refractivity contribution in [3.05, 3.63) is 146 Å². The monoisotopic (exact) mass is 1170 g/mol. The van der Waals surface area contributed by atoms with Crippen LogP contribution < -0.4 is 24.6 Å². The fourth-order valence-corrected chi connectivity index (χ4v) is 9.08. The fraction of sp³-hybridized carbons (Fsp3) is 0.356. The van der Waals surface area contributed by atoms with Crippen LogP contribution in [-0.2, 0) is 19.6 Å². The largest absolute Gasteiger partial charge is 0.534 e. The summed E-state index contributed by atoms with van der Waals surface area (Å²) in [6.45, 7) is 21.7. The van der Waals surface area contributed by atoms with Crippen LogP contribution in [-0.4, -0.2) is 151 Å². The highest BCUT2D eigenvalue weighted by molar-refractivity contribution is 7.88. The van der Waals surface area contributed by atoms with Crippen molar-refractivity contribution in [1.29, 1.82) is 0 Å². The van der Waals surface area contributed by atoms with Crippen molar-refractivity contribution in [2.75, 3.05) is 88.3 Å². The van der Waals surface area contributed by atoms with Gasteiger partial charge in [0.15, 0.2) is 5.75 Å². The van der Waals surface area contributed by atoms with Crippen molar-refractivity contribution in [2.24, 2.45) is 0 Å². The molecule has 3 fully saturated rings. The summed E-state index contributed by atoms with van der Waals surface area (Å²) in [5.74, 6) is -0.214. The summed E-state index contributed by atoms with van der Waals surface area (Å²) < 4.78 is 73.1. The second-order valence-electron chi connectivity index (χ2n) is 20.8. The van der Waals surface area contributed by atoms with Gasteiger partial charge in [0.05, 0.1) is 22.4 Å². The molecule has 23 heteroatoms. The van der Waals surface area contributed by atoms with Gasteiger partial charge in [-0.15, -0.1) is 12.4 Å². The standard InChI is InChI=1S/C18H23N3O2.C13H15N3.C10H6F3NO3S.C9H18N2O2.C9H7NO.ClH/c1-18(2,3)23-17(22)21-12-10-20(11-13-21)15-8-4-6-14-7-5-9-19-16(14)15;1-3-11-4-2-6-15-13(11)12(5-1)16-9-7-14-8-10-16;11-10(12,13)18(15,16)17-8-5-1-3-7-4-2-6-14-9(7)8;1-9(2,3)13-8(12)11-6-4-10-5-7-11;11-8-5-1-3-7-4-2-6-10-9(7)8;/h4-9H,10-13H2,1-3H3;1-6,14H,7-10H2;1-6H;10H,4-7H2,1-3H3;1-6,11H;1H. The Morgan fingerprint density at radius 3 is 1.28 bits per heavy atom. The molecule has 3 N–H and O–H groups in total. The van der Waals surface area contributed by atoms with E-state index in [1.807, 2.05) is 84.3 Å². The Labute approximate surface area is 482 Å². The summed E-state index contributed by atoms with van der Waals surface area (Å²) >= 11 is 0. The summed E-state index contributed by atoms with van der Waals surface area (Å²) in [5, 5.41) is 19.7. The normalized spacial score (nSPS) is 14.7. The third-order valence-electron chi connectivity index (χ3n) is 12.4. The maximum atomic E-state index is 12.2. The van der Waals surface area contributed by atoms with E-state index >= 15 is 0 Å². The predicted molar refractivity (Wildman–Crippen MR) is 317 cm³/mol. The smallest absolute Gasteiger partial charge is 0.506 e. The minimum Gasteiger partial charge on any atom is -0.506 e. The third kappa shape index (κ3) is 18.1. The maximum absolute atomic E-state index is 12.2. The zero-order valence-electron chi connectivity index (χ0n) is 46.7. The number of ether oxygens (including phenoxy) is 2. The van der Waals surface area contributed by atoms with Crippen molar-refractivity contribution < 1.29 is 49.9 Å². The fourth-order valence-electron chi connectivity index (χ4n) is 8.62. The van der Waals surface area contributed by atoms with E-state index in [9.17, 15) is 36.3 Å². The Morgan fingerprint density at radius 2 is 0.841 bits per heavy atom. The number of fused-ring (bicyclic) bond motifs is 4. The van der Waals surface area contributed by atoms with E-state index in [1.165, 1.54) is 23.3 Å². The molecule has 0 saturated carbocycles. The second kappa shape index (κ2) is 28.8. The molecule has 0 bridgehead atoms. The molecule has 0 radical (unpaired) electrons. The minimum absolute atomic E-state index is 0. The van der Waals surface area contributed by atoms with Crippen LogP contribution in [0.15, 0.2) is 146 Å². The molecule has 11 rings (SSSR count). The van der Waals surface area contributed by atoms with Gasteiger partial charge in [-0.05, 0) is 90.1 Å². The van der Waals surface area contributed by atoms with Gasteiger partial charge in [0, 0.05) is 125 Å². The third-order valence-corrected chi connectivity index (χ3v) is 13.4. The van der Waals surface area contributed by atoms with E-state index in [2.05, 4.69) is 93.1 Å². The van der Waals surface area contributed by atoms with Crippen LogP contribution >= 0.6 is 12.4 Å². The molecule has 3 aliphatic rings. The summed E-state index contributed by atoms with van der Waals surface area (Å²) in [7, 11) is -5.68. The number of phenolic OH excluding ortho intramolecular Hbond substituents is 1. The Bertz CT molecular complexity index is 3460. The molecule has 8 aromatic rings. The number of hydrogen-bond donors (Lipinski definition) is 3. The van der Waals surface area contributed by atoms with Gasteiger partial charge in [-0.2, -0.15) is 21.6 Å². The zero-order chi connectivity index (χ0) is 58.2. The quantitative estimate of drug-likeness (QED) is 0.111. The highest BCUT2D eigenvalue weighted by Gasteiger charge is 2.48. The zero-order valence-corrected chi connectivity index (χ0v) is 48.3. The molecular weight excluding hydrogens is 1100 g/mol. The number of para-hydroxylation sites is 4. The number of piperazine rings is 3. The van der Waals surface area contributed by atoms with Crippen LogP contribution in [0.4, 0.5) is 34.1 Å². The first-order valence-corrected chi connectivity index (χ1v) is 27.9. The molecule has 0 aliphatic carbocycles. The van der Waals surface area contributed by atoms with Gasteiger partial charge < -0.3 is 49.0 Å². The number of rotatable bonds is 4. The molecule has 82 heavy (non-hydrogen) atoms. The molecule has 0 unspecified atom stereocenters. The highest BCUT2D eigenvalue weighted by atomic mass is 35.5. The van der Waals surface area contributed by atoms with E-state index in [0.717, 1.165) is 99.0 Å². The molecule has 7 heterocycles. The van der Waals surface area contributed by atoms with Crippen molar-refractivity contribution in [2.45, 2.75) is 58.3 Å². The van der Waals surface area contributed by atoms with E-state index in [0.29, 0.717) is 24.0 Å². The van der Waals surface area contributed by atoms with Crippen LogP contribution in [0.5, 0.6) is 11.5 Å². The van der Waals surface area contributed by atoms with Gasteiger partial charge in [-0.3, -0.25) is 19.9 Å². The first-order chi connectivity index (χ1) is 38.6. The minimum atomic E-state index is -5.68. The number of alkyl halides is 3. The molecule has 4 aromatic carbocycles. The summed E-state index contributed by atoms with van der Waals surface area (Å²) in [5.41, 5.74) is -1.07. The lowest BCUT2D eigenvalue weighted by atomic mass is 10.1. The Balaban J connectivity index is 0.000000168. The highest BCUT2D eigenvalue weighted by Crippen LogP contribution is 2.31. The summed E-state index contributed by atoms with van der Waals surface area (Å²) in [6.07, 6.45) is 6.26. The topological polar surface area (TPSA) is 205 Å². The first kappa shape index (κ1) is 63.4. The number of hydrogen-bond acceptors (Lipinski definition) is 16. The van der Waals surface area contributed by atoms with Crippen molar-refractivity contribution >= 4 is 89.7 Å². The van der Waals surface area contributed by atoms with Gasteiger partial charge in [0.1, 0.15) is 28.0 Å². The van der Waals surface area contributed by atoms with Gasteiger partial charge in [-0.1, -0.05) is 72.8 Å². The molecule has 3 saturated heterocycles. The maximum Gasteiger partial charge on any atom is 0.534 e. The number of aromatic hydroxyl groups is 1. The van der Waals surface area contributed by atoms with Crippen molar-refractivity contribution in [1.82, 2.24) is 40.4 Å². The van der Waals surface area contributed by atoms with Crippen LogP contribution in [0.2, 0.25) is 0 Å². The van der Waals surface area contributed by atoms with Crippen molar-refractivity contribution in [3.8, 4) is 11.5 Å². The number of aromatic nitrogens is 4. The van der Waals surface area contributed by atoms with Crippen LogP contribution in [0.1, 0.15) is 41.5 Å². The number of nitrogens with one attached hydrogen (secondary N) is 2. The van der Waals surface area contributed by atoms with Crippen molar-refractivity contribution in [3.63, 3.8) is 0 Å². The number of phenols is 1. The van der Waals surface area contributed by atoms with E-state index < -0.39 is 27.0 Å². The van der Waals surface area contributed by atoms with Crippen LogP contribution in [0.25, 0.3) is 43.6 Å². The Kier molecular flexibility index (Phi) is 22.2. The number of pyridine rings is 4. The molecule has 3 aliphatic heterocycles. The molecular formula is C59H70ClF3N10O8S. The van der Waals surface area contributed by atoms with Crippen LogP contribution in [0.3, 0.4) is 0 Å².